The second-order valence-corrected chi connectivity index (χ2v) is 16.9. The Labute approximate surface area is 187 Å². The normalized spacial score (nSPS) is 14.6. The van der Waals surface area contributed by atoms with E-state index in [1.54, 1.807) is 13.8 Å². The molecule has 0 spiro atoms. The van der Waals surface area contributed by atoms with Crippen molar-refractivity contribution in [3.63, 3.8) is 0 Å². The van der Waals surface area contributed by atoms with E-state index in [2.05, 4.69) is 50.8 Å². The predicted octanol–water partition coefficient (Wildman–Crippen LogP) is 5.56. The lowest BCUT2D eigenvalue weighted by Crippen LogP contribution is -2.27. The predicted molar refractivity (Wildman–Crippen MR) is 123 cm³/mol. The fourth-order valence-electron chi connectivity index (χ4n) is 2.90. The van der Waals surface area contributed by atoms with Gasteiger partial charge >= 0.3 is 15.6 Å². The Morgan fingerprint density at radius 3 is 1.61 bits per heavy atom. The number of halogens is 3. The van der Waals surface area contributed by atoms with E-state index in [1.165, 1.54) is 5.57 Å². The van der Waals surface area contributed by atoms with Crippen LogP contribution in [-0.4, -0.2) is 45.4 Å². The summed E-state index contributed by atoms with van der Waals surface area (Å²) in [4.78, 5) is 0. The maximum Gasteiger partial charge on any atom is 0.534 e. The molecule has 0 saturated heterocycles. The molecule has 10 heteroatoms. The van der Waals surface area contributed by atoms with Gasteiger partial charge in [-0.2, -0.15) is 21.6 Å². The molecule has 0 aromatic carbocycles. The Morgan fingerprint density at radius 2 is 1.32 bits per heavy atom. The molecule has 2 unspecified atom stereocenters. The molecule has 0 fully saturated rings. The summed E-state index contributed by atoms with van der Waals surface area (Å²) in [6.07, 6.45) is 1.35. The first-order valence-electron chi connectivity index (χ1n) is 10.4. The van der Waals surface area contributed by atoms with Gasteiger partial charge in [-0.25, -0.2) is 0 Å². The van der Waals surface area contributed by atoms with Gasteiger partial charge in [0, 0.05) is 26.5 Å². The van der Waals surface area contributed by atoms with Crippen molar-refractivity contribution >= 4 is 18.2 Å². The molecule has 0 heterocycles. The van der Waals surface area contributed by atoms with Gasteiger partial charge in [-0.3, -0.25) is 0 Å². The van der Waals surface area contributed by atoms with E-state index in [9.17, 15) is 26.7 Å². The van der Waals surface area contributed by atoms with Crippen LogP contribution in [0.15, 0.2) is 24.5 Å². The van der Waals surface area contributed by atoms with E-state index in [0.29, 0.717) is 11.8 Å². The molecule has 0 aliphatic rings. The first-order valence-corrected chi connectivity index (χ1v) is 15.5. The smallest absolute Gasteiger partial charge is 0.396 e. The lowest BCUT2D eigenvalue weighted by Gasteiger charge is -2.24. The monoisotopic (exact) mass is 490 g/mol. The van der Waals surface area contributed by atoms with Gasteiger partial charge in [0.1, 0.15) is 5.76 Å². The number of hydrogen-bond acceptors (Lipinski definition) is 5. The Kier molecular flexibility index (Phi) is 14.2. The molecule has 5 nitrogen and oxygen atoms in total. The summed E-state index contributed by atoms with van der Waals surface area (Å²) in [7, 11) is -6.76. The SMILES string of the molecule is C=C(C[Si](C)(C)C)C(CO)CC(C)C.C=C(OS(=O)(=O)C(F)(F)F)C(CO)CC(C)C. The molecule has 0 saturated carbocycles. The van der Waals surface area contributed by atoms with Gasteiger partial charge < -0.3 is 14.4 Å². The van der Waals surface area contributed by atoms with Gasteiger partial charge in [-0.15, -0.1) is 0 Å². The first-order chi connectivity index (χ1) is 13.8. The molecule has 0 aromatic rings. The fourth-order valence-corrected chi connectivity index (χ4v) is 5.06. The summed E-state index contributed by atoms with van der Waals surface area (Å²) in [5.74, 6) is -0.418. The molecule has 0 aromatic heterocycles. The van der Waals surface area contributed by atoms with Crippen LogP contribution < -0.4 is 0 Å². The van der Waals surface area contributed by atoms with Crippen molar-refractivity contribution in [2.75, 3.05) is 13.2 Å². The number of hydrogen-bond donors (Lipinski definition) is 2. The molecule has 0 bridgehead atoms. The van der Waals surface area contributed by atoms with Crippen molar-refractivity contribution in [2.24, 2.45) is 23.7 Å². The average molecular weight is 491 g/mol. The molecule has 31 heavy (non-hydrogen) atoms. The van der Waals surface area contributed by atoms with Crippen LogP contribution in [0.4, 0.5) is 13.2 Å². The fraction of sp³-hybridized carbons (Fsp3) is 0.810. The molecule has 186 valence electrons. The van der Waals surface area contributed by atoms with E-state index in [-0.39, 0.29) is 18.9 Å². The van der Waals surface area contributed by atoms with Crippen molar-refractivity contribution in [3.05, 3.63) is 24.5 Å². The second-order valence-electron chi connectivity index (χ2n) is 9.86. The molecule has 2 N–H and O–H groups in total. The lowest BCUT2D eigenvalue weighted by molar-refractivity contribution is -0.0529. The van der Waals surface area contributed by atoms with Gasteiger partial charge in [0.05, 0.1) is 6.61 Å². The van der Waals surface area contributed by atoms with Gasteiger partial charge in [0.2, 0.25) is 0 Å². The second kappa shape index (κ2) is 13.6. The van der Waals surface area contributed by atoms with Crippen LogP contribution in [0.2, 0.25) is 25.7 Å². The summed E-state index contributed by atoms with van der Waals surface area (Å²) in [5, 5.41) is 18.2. The van der Waals surface area contributed by atoms with E-state index in [4.69, 9.17) is 5.11 Å². The van der Waals surface area contributed by atoms with Crippen molar-refractivity contribution in [3.8, 4) is 0 Å². The van der Waals surface area contributed by atoms with Crippen LogP contribution in [0.1, 0.15) is 40.5 Å². The third-order valence-corrected chi connectivity index (χ3v) is 6.76. The number of alkyl halides is 3. The lowest BCUT2D eigenvalue weighted by atomic mass is 9.92. The van der Waals surface area contributed by atoms with Gasteiger partial charge in [0.25, 0.3) is 0 Å². The van der Waals surface area contributed by atoms with Crippen LogP contribution in [0.25, 0.3) is 0 Å². The molecule has 0 rings (SSSR count). The molecular weight excluding hydrogens is 449 g/mol. The van der Waals surface area contributed by atoms with E-state index in [0.717, 1.165) is 12.5 Å². The highest BCUT2D eigenvalue weighted by atomic mass is 32.2. The summed E-state index contributed by atoms with van der Waals surface area (Å²) >= 11 is 0. The van der Waals surface area contributed by atoms with E-state index in [1.807, 2.05) is 0 Å². The average Bonchev–Trinajstić information content (AvgIpc) is 2.54. The molecule has 0 radical (unpaired) electrons. The third kappa shape index (κ3) is 14.8. The van der Waals surface area contributed by atoms with Crippen molar-refractivity contribution < 1.29 is 36.0 Å². The highest BCUT2D eigenvalue weighted by Crippen LogP contribution is 2.29. The van der Waals surface area contributed by atoms with Crippen molar-refractivity contribution in [2.45, 2.75) is 71.7 Å². The summed E-state index contributed by atoms with van der Waals surface area (Å²) in [6, 6.07) is 1.14. The molecule has 0 aliphatic heterocycles. The summed E-state index contributed by atoms with van der Waals surface area (Å²) in [5.41, 5.74) is -4.23. The molecular formula is C21H41F3O5SSi. The standard InChI is InChI=1S/C12H26OSi.C9H15F3O4S/c1-10(2)7-12(8-13)11(3)9-14(4,5)6;1-6(2)4-8(5-13)7(3)16-17(14,15)9(10,11)12/h10,12-13H,3,7-9H2,1-2,4-6H3;6,8,13H,3-5H2,1-2H3. The summed E-state index contributed by atoms with van der Waals surface area (Å²) < 4.78 is 61.2. The van der Waals surface area contributed by atoms with Gasteiger partial charge in [-0.1, -0.05) is 66.1 Å². The van der Waals surface area contributed by atoms with Crippen LogP contribution >= 0.6 is 0 Å². The minimum atomic E-state index is -5.70. The molecule has 0 aliphatic carbocycles. The Morgan fingerprint density at radius 1 is 0.935 bits per heavy atom. The zero-order chi connectivity index (χ0) is 25.2. The largest absolute Gasteiger partial charge is 0.534 e. The zero-order valence-corrected chi connectivity index (χ0v) is 21.7. The minimum Gasteiger partial charge on any atom is -0.396 e. The highest BCUT2D eigenvalue weighted by molar-refractivity contribution is 7.87. The number of aliphatic hydroxyl groups excluding tert-OH is 2. The Bertz CT molecular complexity index is 653. The van der Waals surface area contributed by atoms with E-state index < -0.39 is 42.0 Å². The third-order valence-electron chi connectivity index (χ3n) is 4.24. The Balaban J connectivity index is 0. The van der Waals surface area contributed by atoms with Crippen molar-refractivity contribution in [1.82, 2.24) is 0 Å². The quantitative estimate of drug-likeness (QED) is 0.123. The van der Waals surface area contributed by atoms with Crippen LogP contribution in [0.3, 0.4) is 0 Å². The molecule has 0 amide bonds. The topological polar surface area (TPSA) is 83.8 Å². The Hall–Kier alpha value is -0.843. The molecule has 2 atom stereocenters. The van der Waals surface area contributed by atoms with E-state index >= 15 is 0 Å². The summed E-state index contributed by atoms with van der Waals surface area (Å²) in [6.45, 7) is 22.0. The number of rotatable bonds is 12. The zero-order valence-electron chi connectivity index (χ0n) is 19.9. The van der Waals surface area contributed by atoms with Crippen LogP contribution in [0, 0.1) is 23.7 Å². The van der Waals surface area contributed by atoms with Crippen LogP contribution in [-0.2, 0) is 14.3 Å². The van der Waals surface area contributed by atoms with Crippen LogP contribution in [0.5, 0.6) is 0 Å². The first kappa shape index (κ1) is 32.3. The van der Waals surface area contributed by atoms with Crippen molar-refractivity contribution in [1.29, 1.82) is 0 Å². The van der Waals surface area contributed by atoms with Gasteiger partial charge in [-0.05, 0) is 30.7 Å². The number of aliphatic hydroxyl groups is 2. The maximum atomic E-state index is 12.0. The van der Waals surface area contributed by atoms with Gasteiger partial charge in [0.15, 0.2) is 0 Å². The maximum absolute atomic E-state index is 12.0. The highest BCUT2D eigenvalue weighted by Gasteiger charge is 2.49. The minimum absolute atomic E-state index is 0.0566.